The van der Waals surface area contributed by atoms with Gasteiger partial charge in [0.1, 0.15) is 24.2 Å². The smallest absolute Gasteiger partial charge is 0.246 e. The Morgan fingerprint density at radius 1 is 1.04 bits per heavy atom. The molecule has 1 atom stereocenters. The molecule has 0 radical (unpaired) electrons. The van der Waals surface area contributed by atoms with Crippen LogP contribution in [0.3, 0.4) is 0 Å². The average molecular weight is 713 g/mol. The Balaban J connectivity index is 1.10. The maximum Gasteiger partial charge on any atom is 0.246 e. The van der Waals surface area contributed by atoms with Crippen molar-refractivity contribution in [3.8, 4) is 17.3 Å². The zero-order valence-corrected chi connectivity index (χ0v) is 30.2. The molecule has 0 unspecified atom stereocenters. The van der Waals surface area contributed by atoms with E-state index >= 15 is 0 Å². The lowest BCUT2D eigenvalue weighted by atomic mass is 9.97. The molecule has 3 aromatic rings. The SMILES string of the molecule is C[C@@H]1CN(c2ncc(-c3ccc4c(n3)N(Cc3cccnc3C#N)C(C)(C)C4=O)cn2)CCN1C(=O)CNC(=O)COCCOCCCCCCN. The summed E-state index contributed by atoms with van der Waals surface area (Å²) in [4.78, 5) is 62.5. The number of nitrogens with two attached hydrogens (primary N) is 1. The molecule has 2 aliphatic rings. The van der Waals surface area contributed by atoms with Gasteiger partial charge in [-0.3, -0.25) is 14.4 Å². The van der Waals surface area contributed by atoms with Crippen LogP contribution in [-0.2, 0) is 25.6 Å². The summed E-state index contributed by atoms with van der Waals surface area (Å²) in [6.45, 7) is 9.34. The lowest BCUT2D eigenvalue weighted by molar-refractivity contribution is -0.136. The first-order valence-corrected chi connectivity index (χ1v) is 17.8. The molecule has 5 rings (SSSR count). The first kappa shape index (κ1) is 38.2. The van der Waals surface area contributed by atoms with Gasteiger partial charge in [-0.1, -0.05) is 18.9 Å². The predicted octanol–water partition coefficient (Wildman–Crippen LogP) is 2.49. The van der Waals surface area contributed by atoms with Gasteiger partial charge in [0.25, 0.3) is 0 Å². The quantitative estimate of drug-likeness (QED) is 0.194. The van der Waals surface area contributed by atoms with Gasteiger partial charge < -0.3 is 35.2 Å². The van der Waals surface area contributed by atoms with Gasteiger partial charge in [0.2, 0.25) is 17.8 Å². The van der Waals surface area contributed by atoms with Gasteiger partial charge in [-0.15, -0.1) is 0 Å². The van der Waals surface area contributed by atoms with Gasteiger partial charge in [-0.25, -0.2) is 19.9 Å². The van der Waals surface area contributed by atoms with Crippen molar-refractivity contribution in [2.24, 2.45) is 5.73 Å². The first-order chi connectivity index (χ1) is 25.1. The summed E-state index contributed by atoms with van der Waals surface area (Å²) in [6.07, 6.45) is 9.18. The topological polar surface area (TPSA) is 193 Å². The van der Waals surface area contributed by atoms with Crippen molar-refractivity contribution in [1.82, 2.24) is 30.2 Å². The summed E-state index contributed by atoms with van der Waals surface area (Å²) in [5.74, 6) is 0.505. The second kappa shape index (κ2) is 17.9. The molecule has 52 heavy (non-hydrogen) atoms. The number of piperazine rings is 1. The molecule has 15 nitrogen and oxygen atoms in total. The molecular formula is C37H48N10O5. The van der Waals surface area contributed by atoms with Crippen LogP contribution in [0.1, 0.15) is 68.1 Å². The number of aromatic nitrogens is 4. The number of ketones is 1. The van der Waals surface area contributed by atoms with E-state index in [0.717, 1.165) is 25.7 Å². The molecule has 0 spiro atoms. The summed E-state index contributed by atoms with van der Waals surface area (Å²) in [7, 11) is 0. The van der Waals surface area contributed by atoms with Crippen LogP contribution in [-0.4, -0.2) is 113 Å². The van der Waals surface area contributed by atoms with E-state index in [4.69, 9.17) is 20.2 Å². The van der Waals surface area contributed by atoms with Gasteiger partial charge in [-0.05, 0) is 58.4 Å². The Morgan fingerprint density at radius 3 is 2.56 bits per heavy atom. The molecule has 0 bridgehead atoms. The van der Waals surface area contributed by atoms with Crippen molar-refractivity contribution in [2.75, 3.05) is 69.0 Å². The fourth-order valence-corrected chi connectivity index (χ4v) is 6.36. The van der Waals surface area contributed by atoms with Gasteiger partial charge in [0.05, 0.1) is 36.6 Å². The van der Waals surface area contributed by atoms with Crippen LogP contribution in [0.4, 0.5) is 11.8 Å². The Hall–Kier alpha value is -5.04. The number of carbonyl (C=O) groups is 3. The minimum Gasteiger partial charge on any atom is -0.379 e. The van der Waals surface area contributed by atoms with E-state index in [1.165, 1.54) is 0 Å². The molecule has 1 fully saturated rings. The molecule has 3 aromatic heterocycles. The van der Waals surface area contributed by atoms with E-state index in [1.807, 2.05) is 36.6 Å². The number of hydrogen-bond acceptors (Lipinski definition) is 13. The summed E-state index contributed by atoms with van der Waals surface area (Å²) >= 11 is 0. The maximum atomic E-state index is 13.4. The van der Waals surface area contributed by atoms with Crippen LogP contribution in [0.25, 0.3) is 11.3 Å². The number of fused-ring (bicyclic) bond motifs is 1. The van der Waals surface area contributed by atoms with Crippen LogP contribution in [0.15, 0.2) is 42.9 Å². The number of hydrogen-bond donors (Lipinski definition) is 2. The number of nitriles is 1. The summed E-state index contributed by atoms with van der Waals surface area (Å²) < 4.78 is 10.9. The Bertz CT molecular complexity index is 1750. The van der Waals surface area contributed by atoms with Crippen molar-refractivity contribution in [3.05, 3.63) is 59.7 Å². The van der Waals surface area contributed by atoms with Gasteiger partial charge in [0, 0.05) is 68.5 Å². The summed E-state index contributed by atoms with van der Waals surface area (Å²) in [6, 6.07) is 9.18. The number of anilines is 2. The zero-order chi connectivity index (χ0) is 37.1. The lowest BCUT2D eigenvalue weighted by Gasteiger charge is -2.39. The highest BCUT2D eigenvalue weighted by molar-refractivity contribution is 6.12. The van der Waals surface area contributed by atoms with Crippen LogP contribution < -0.4 is 20.9 Å². The van der Waals surface area contributed by atoms with Gasteiger partial charge in [-0.2, -0.15) is 5.26 Å². The largest absolute Gasteiger partial charge is 0.379 e. The summed E-state index contributed by atoms with van der Waals surface area (Å²) in [5.41, 5.74) is 7.46. The number of Topliss-reactive ketones (excluding diaryl/α,β-unsaturated/α-hetero) is 1. The van der Waals surface area contributed by atoms with Crippen molar-refractivity contribution in [3.63, 3.8) is 0 Å². The second-order valence-electron chi connectivity index (χ2n) is 13.5. The van der Waals surface area contributed by atoms with E-state index in [-0.39, 0.29) is 36.8 Å². The van der Waals surface area contributed by atoms with Crippen LogP contribution >= 0.6 is 0 Å². The Kier molecular flexibility index (Phi) is 13.2. The highest BCUT2D eigenvalue weighted by Gasteiger charge is 2.45. The summed E-state index contributed by atoms with van der Waals surface area (Å²) in [5, 5.41) is 12.2. The number of nitrogens with one attached hydrogen (secondary N) is 1. The molecule has 5 heterocycles. The third-order valence-corrected chi connectivity index (χ3v) is 9.38. The zero-order valence-electron chi connectivity index (χ0n) is 30.2. The van der Waals surface area contributed by atoms with E-state index in [0.29, 0.717) is 92.4 Å². The molecule has 15 heteroatoms. The molecule has 1 saturated heterocycles. The van der Waals surface area contributed by atoms with Crippen molar-refractivity contribution in [2.45, 2.75) is 64.6 Å². The standard InChI is InChI=1S/C37H48N10O5/c1-26-23-45(14-15-46(26)33(49)22-41-32(48)25-52-18-17-51-16-7-5-4-6-12-38)36-42-20-28(21-43-36)30-11-10-29-34(50)37(2,3)47(35(29)44-30)24-27-9-8-13-40-31(27)19-39/h8-11,13,20-21,26H,4-7,12,14-18,22-25,38H2,1-3H3,(H,41,48)/t26-/m1/s1. The van der Waals surface area contributed by atoms with Crippen molar-refractivity contribution < 1.29 is 23.9 Å². The average Bonchev–Trinajstić information content (AvgIpc) is 3.34. The molecule has 0 aliphatic carbocycles. The first-order valence-electron chi connectivity index (χ1n) is 17.8. The van der Waals surface area contributed by atoms with Crippen LogP contribution in [0, 0.1) is 11.3 Å². The van der Waals surface area contributed by atoms with Crippen LogP contribution in [0.5, 0.6) is 0 Å². The van der Waals surface area contributed by atoms with E-state index in [9.17, 15) is 19.6 Å². The molecular weight excluding hydrogens is 664 g/mol. The second-order valence-corrected chi connectivity index (χ2v) is 13.5. The predicted molar refractivity (Wildman–Crippen MR) is 194 cm³/mol. The van der Waals surface area contributed by atoms with E-state index in [1.54, 1.807) is 41.7 Å². The number of carbonyl (C=O) groups excluding carboxylic acids is 3. The molecule has 2 aliphatic heterocycles. The van der Waals surface area contributed by atoms with Crippen molar-refractivity contribution in [1.29, 1.82) is 5.26 Å². The Morgan fingerprint density at radius 2 is 1.81 bits per heavy atom. The number of pyridine rings is 2. The highest BCUT2D eigenvalue weighted by Crippen LogP contribution is 2.39. The minimum atomic E-state index is -0.864. The lowest BCUT2D eigenvalue weighted by Crippen LogP contribution is -2.56. The van der Waals surface area contributed by atoms with Crippen LogP contribution in [0.2, 0.25) is 0 Å². The molecule has 276 valence electrons. The van der Waals surface area contributed by atoms with E-state index < -0.39 is 5.54 Å². The number of nitrogens with zero attached hydrogens (tertiary/aromatic N) is 8. The molecule has 0 aromatic carbocycles. The third-order valence-electron chi connectivity index (χ3n) is 9.38. The van der Waals surface area contributed by atoms with Gasteiger partial charge in [0.15, 0.2) is 5.78 Å². The minimum absolute atomic E-state index is 0.0454. The molecule has 0 saturated carbocycles. The van der Waals surface area contributed by atoms with E-state index in [2.05, 4.69) is 26.3 Å². The van der Waals surface area contributed by atoms with Gasteiger partial charge >= 0.3 is 0 Å². The number of unbranched alkanes of at least 4 members (excludes halogenated alkanes) is 3. The monoisotopic (exact) mass is 712 g/mol. The number of amides is 2. The maximum absolute atomic E-state index is 13.4. The highest BCUT2D eigenvalue weighted by atomic mass is 16.5. The third kappa shape index (κ3) is 9.24. The fourth-order valence-electron chi connectivity index (χ4n) is 6.36. The van der Waals surface area contributed by atoms with Crippen molar-refractivity contribution >= 4 is 29.4 Å². The Labute approximate surface area is 304 Å². The molecule has 3 N–H and O–H groups in total. The number of ether oxygens (including phenoxy) is 2. The normalized spacial score (nSPS) is 16.5. The fraction of sp³-hybridized carbons (Fsp3) is 0.514. The molecule has 2 amide bonds. The number of rotatable bonds is 17.